The van der Waals surface area contributed by atoms with E-state index in [2.05, 4.69) is 31.0 Å². The summed E-state index contributed by atoms with van der Waals surface area (Å²) in [5, 5.41) is 2.54. The molecular formula is C20H23N3O2S. The van der Waals surface area contributed by atoms with Crippen molar-refractivity contribution >= 4 is 27.5 Å². The minimum Gasteiger partial charge on any atom is -0.368 e. The number of aromatic nitrogens is 2. The van der Waals surface area contributed by atoms with Gasteiger partial charge >= 0.3 is 0 Å². The van der Waals surface area contributed by atoms with Crippen molar-refractivity contribution in [2.45, 2.75) is 46.6 Å². The van der Waals surface area contributed by atoms with E-state index in [0.717, 1.165) is 11.1 Å². The van der Waals surface area contributed by atoms with Crippen LogP contribution in [-0.2, 0) is 11.2 Å². The lowest BCUT2D eigenvalue weighted by Gasteiger charge is -2.18. The Bertz CT molecular complexity index is 1050. The van der Waals surface area contributed by atoms with Crippen LogP contribution in [0.1, 0.15) is 43.3 Å². The van der Waals surface area contributed by atoms with Crippen molar-refractivity contribution in [2.24, 2.45) is 5.73 Å². The first kappa shape index (κ1) is 18.3. The average Bonchev–Trinajstić information content (AvgIpc) is 3.03. The molecule has 5 nitrogen and oxygen atoms in total. The maximum absolute atomic E-state index is 13.3. The van der Waals surface area contributed by atoms with Crippen molar-refractivity contribution in [1.29, 1.82) is 0 Å². The number of hydrogen-bond acceptors (Lipinski definition) is 4. The van der Waals surface area contributed by atoms with E-state index in [9.17, 15) is 9.59 Å². The summed E-state index contributed by atoms with van der Waals surface area (Å²) >= 11 is 1.46. The van der Waals surface area contributed by atoms with E-state index in [1.54, 1.807) is 0 Å². The predicted molar refractivity (Wildman–Crippen MR) is 107 cm³/mol. The number of carbonyl (C=O) groups is 1. The van der Waals surface area contributed by atoms with Gasteiger partial charge < -0.3 is 5.73 Å². The highest BCUT2D eigenvalue weighted by Gasteiger charge is 2.24. The molecule has 136 valence electrons. The number of nitrogens with zero attached hydrogens (tertiary/aromatic N) is 2. The van der Waals surface area contributed by atoms with Gasteiger partial charge in [0.25, 0.3) is 5.56 Å². The zero-order chi connectivity index (χ0) is 19.0. The first-order valence-corrected chi connectivity index (χ1v) is 9.66. The monoisotopic (exact) mass is 369 g/mol. The second-order valence-corrected chi connectivity index (χ2v) is 7.37. The number of nitrogens with two attached hydrogens (primary N) is 1. The number of rotatable bonds is 5. The first-order valence-electron chi connectivity index (χ1n) is 8.78. The SMILES string of the molecule is CCc1nc2scc(-c3ccc(C)c(C)c3)c2c(=O)n1C(CC)C(N)=O. The van der Waals surface area contributed by atoms with Crippen molar-refractivity contribution in [3.63, 3.8) is 0 Å². The molecule has 3 rings (SSSR count). The molecule has 6 heteroatoms. The van der Waals surface area contributed by atoms with Crippen LogP contribution in [0, 0.1) is 13.8 Å². The summed E-state index contributed by atoms with van der Waals surface area (Å²) in [5.41, 5.74) is 9.59. The van der Waals surface area contributed by atoms with Gasteiger partial charge in [-0.15, -0.1) is 11.3 Å². The zero-order valence-electron chi connectivity index (χ0n) is 15.5. The van der Waals surface area contributed by atoms with E-state index in [0.29, 0.717) is 28.9 Å². The van der Waals surface area contributed by atoms with E-state index in [1.807, 2.05) is 25.3 Å². The van der Waals surface area contributed by atoms with E-state index >= 15 is 0 Å². The third-order valence-electron chi connectivity index (χ3n) is 4.87. The molecule has 0 bridgehead atoms. The lowest BCUT2D eigenvalue weighted by Crippen LogP contribution is -2.36. The fraction of sp³-hybridized carbons (Fsp3) is 0.350. The molecule has 2 heterocycles. The number of amides is 1. The third kappa shape index (κ3) is 2.94. The summed E-state index contributed by atoms with van der Waals surface area (Å²) in [6.07, 6.45) is 1.02. The smallest absolute Gasteiger partial charge is 0.263 e. The van der Waals surface area contributed by atoms with Crippen LogP contribution in [0.4, 0.5) is 0 Å². The summed E-state index contributed by atoms with van der Waals surface area (Å²) in [6.45, 7) is 7.89. The Morgan fingerprint density at radius 1 is 1.27 bits per heavy atom. The van der Waals surface area contributed by atoms with Gasteiger partial charge in [-0.25, -0.2) is 4.98 Å². The molecule has 2 N–H and O–H groups in total. The van der Waals surface area contributed by atoms with Crippen LogP contribution < -0.4 is 11.3 Å². The topological polar surface area (TPSA) is 78.0 Å². The Hall–Kier alpha value is -2.47. The predicted octanol–water partition coefficient (Wildman–Crippen LogP) is 3.74. The van der Waals surface area contributed by atoms with Crippen molar-refractivity contribution in [3.8, 4) is 11.1 Å². The van der Waals surface area contributed by atoms with Crippen LogP contribution in [0.5, 0.6) is 0 Å². The standard InChI is InChI=1S/C20H23N3O2S/c1-5-15(18(21)24)23-16(6-2)22-19-17(20(23)25)14(10-26-19)13-8-7-11(3)12(4)9-13/h7-10,15H,5-6H2,1-4H3,(H2,21,24). The molecule has 0 aliphatic carbocycles. The Morgan fingerprint density at radius 2 is 2.00 bits per heavy atom. The van der Waals surface area contributed by atoms with E-state index < -0.39 is 11.9 Å². The number of aryl methyl sites for hydroxylation is 3. The Morgan fingerprint density at radius 3 is 2.58 bits per heavy atom. The van der Waals surface area contributed by atoms with Crippen LogP contribution in [0.2, 0.25) is 0 Å². The first-order chi connectivity index (χ1) is 12.4. The van der Waals surface area contributed by atoms with E-state index in [-0.39, 0.29) is 5.56 Å². The van der Waals surface area contributed by atoms with Crippen LogP contribution in [-0.4, -0.2) is 15.5 Å². The normalized spacial score (nSPS) is 12.5. The van der Waals surface area contributed by atoms with Gasteiger partial charge in [-0.05, 0) is 37.0 Å². The average molecular weight is 369 g/mol. The highest BCUT2D eigenvalue weighted by atomic mass is 32.1. The second-order valence-electron chi connectivity index (χ2n) is 6.51. The van der Waals surface area contributed by atoms with Gasteiger partial charge in [-0.2, -0.15) is 0 Å². The molecule has 1 unspecified atom stereocenters. The molecule has 0 saturated heterocycles. The van der Waals surface area contributed by atoms with Crippen LogP contribution in [0.3, 0.4) is 0 Å². The summed E-state index contributed by atoms with van der Waals surface area (Å²) in [4.78, 5) is 30.6. The number of hydrogen-bond donors (Lipinski definition) is 1. The Balaban J connectivity index is 2.34. The van der Waals surface area contributed by atoms with Gasteiger partial charge in [0, 0.05) is 17.4 Å². The Labute approximate surface area is 156 Å². The molecule has 0 radical (unpaired) electrons. The van der Waals surface area contributed by atoms with Crippen molar-refractivity contribution in [3.05, 3.63) is 50.9 Å². The minimum absolute atomic E-state index is 0.188. The lowest BCUT2D eigenvalue weighted by atomic mass is 10.0. The van der Waals surface area contributed by atoms with Gasteiger partial charge in [0.05, 0.1) is 5.39 Å². The van der Waals surface area contributed by atoms with Gasteiger partial charge in [-0.1, -0.05) is 32.0 Å². The highest BCUT2D eigenvalue weighted by Crippen LogP contribution is 2.32. The molecule has 0 saturated carbocycles. The van der Waals surface area contributed by atoms with Crippen molar-refractivity contribution in [2.75, 3.05) is 0 Å². The summed E-state index contributed by atoms with van der Waals surface area (Å²) in [6, 6.07) is 5.48. The largest absolute Gasteiger partial charge is 0.368 e. The lowest BCUT2D eigenvalue weighted by molar-refractivity contribution is -0.121. The van der Waals surface area contributed by atoms with Crippen LogP contribution in [0.25, 0.3) is 21.3 Å². The quantitative estimate of drug-likeness (QED) is 0.744. The zero-order valence-corrected chi connectivity index (χ0v) is 16.3. The maximum atomic E-state index is 13.3. The van der Waals surface area contributed by atoms with Gasteiger partial charge in [0.15, 0.2) is 0 Å². The Kier molecular flexibility index (Phi) is 4.96. The number of thiophene rings is 1. The molecular weight excluding hydrogens is 346 g/mol. The summed E-state index contributed by atoms with van der Waals surface area (Å²) < 4.78 is 1.49. The summed E-state index contributed by atoms with van der Waals surface area (Å²) in [7, 11) is 0. The number of benzene rings is 1. The van der Waals surface area contributed by atoms with Crippen molar-refractivity contribution < 1.29 is 4.79 Å². The van der Waals surface area contributed by atoms with Crippen molar-refractivity contribution in [1.82, 2.24) is 9.55 Å². The van der Waals surface area contributed by atoms with Gasteiger partial charge in [0.1, 0.15) is 16.7 Å². The third-order valence-corrected chi connectivity index (χ3v) is 5.75. The molecule has 26 heavy (non-hydrogen) atoms. The molecule has 0 aliphatic heterocycles. The van der Waals surface area contributed by atoms with E-state index in [4.69, 9.17) is 5.73 Å². The molecule has 3 aromatic rings. The molecule has 0 fully saturated rings. The van der Waals surface area contributed by atoms with Crippen LogP contribution >= 0.6 is 11.3 Å². The maximum Gasteiger partial charge on any atom is 0.263 e. The second kappa shape index (κ2) is 7.03. The minimum atomic E-state index is -0.679. The molecule has 1 aromatic carbocycles. The number of fused-ring (bicyclic) bond motifs is 1. The molecule has 0 spiro atoms. The molecule has 2 aromatic heterocycles. The van der Waals surface area contributed by atoms with Crippen LogP contribution in [0.15, 0.2) is 28.4 Å². The van der Waals surface area contributed by atoms with E-state index in [1.165, 1.54) is 27.0 Å². The number of carbonyl (C=O) groups excluding carboxylic acids is 1. The highest BCUT2D eigenvalue weighted by molar-refractivity contribution is 7.17. The fourth-order valence-electron chi connectivity index (χ4n) is 3.25. The summed E-state index contributed by atoms with van der Waals surface area (Å²) in [5.74, 6) is 0.0926. The number of primary amides is 1. The van der Waals surface area contributed by atoms with Gasteiger partial charge in [-0.3, -0.25) is 14.2 Å². The van der Waals surface area contributed by atoms with Gasteiger partial charge in [0.2, 0.25) is 5.91 Å². The molecule has 0 aliphatic rings. The molecule has 1 atom stereocenters. The molecule has 1 amide bonds. The fourth-order valence-corrected chi connectivity index (χ4v) is 4.21.